The standard InChI is InChI=1S/C27H35Br2FO6/c1-6-8-14-11-25(5)20(21(28)22(14)33)17(30)10-16-15-9-13(3)27(23(34)35,36-19(32)7-2)24(15,4)12-18(31)26(16,25)29/h11,13,15-18,31H,6-10,12H2,1-5H3,(H,34,35)/t13-,15+,16+,17+,18+,24+,25+,26+,27+/m1/s1. The zero-order valence-corrected chi connectivity index (χ0v) is 24.5. The van der Waals surface area contributed by atoms with Crippen molar-refractivity contribution in [3.05, 3.63) is 21.7 Å². The number of ketones is 1. The topological polar surface area (TPSA) is 101 Å². The van der Waals surface area contributed by atoms with E-state index in [1.165, 1.54) is 0 Å². The number of aliphatic hydroxyl groups excluding tert-OH is 1. The van der Waals surface area contributed by atoms with Crippen molar-refractivity contribution in [2.75, 3.05) is 0 Å². The monoisotopic (exact) mass is 632 g/mol. The smallest absolute Gasteiger partial charge is 0.349 e. The number of aliphatic hydroxyl groups is 1. The number of carbonyl (C=O) groups is 3. The quantitative estimate of drug-likeness (QED) is 0.300. The number of aliphatic carboxylic acids is 1. The summed E-state index contributed by atoms with van der Waals surface area (Å²) in [6, 6.07) is 0. The molecule has 0 saturated heterocycles. The molecular formula is C27H35Br2FO6. The molecule has 4 rings (SSSR count). The second-order valence-electron chi connectivity index (χ2n) is 11.5. The second-order valence-corrected chi connectivity index (χ2v) is 13.6. The van der Waals surface area contributed by atoms with E-state index in [9.17, 15) is 24.6 Å². The van der Waals surface area contributed by atoms with Crippen molar-refractivity contribution in [2.24, 2.45) is 28.6 Å². The fourth-order valence-corrected chi connectivity index (χ4v) is 10.2. The van der Waals surface area contributed by atoms with Gasteiger partial charge in [-0.15, -0.1) is 0 Å². The van der Waals surface area contributed by atoms with E-state index >= 15 is 4.39 Å². The second kappa shape index (κ2) is 9.01. The number of Topliss-reactive ketones (excluding diaryl/α,β-unsaturated/α-hetero) is 1. The number of ether oxygens (including phenoxy) is 1. The van der Waals surface area contributed by atoms with Crippen LogP contribution >= 0.6 is 31.9 Å². The normalized spacial score (nSPS) is 46.0. The third-order valence-electron chi connectivity index (χ3n) is 9.82. The van der Waals surface area contributed by atoms with Crippen molar-refractivity contribution in [1.82, 2.24) is 0 Å². The van der Waals surface area contributed by atoms with E-state index in [0.717, 1.165) is 6.42 Å². The summed E-state index contributed by atoms with van der Waals surface area (Å²) in [5.41, 5.74) is -3.05. The average Bonchev–Trinajstić information content (AvgIpc) is 3.01. The van der Waals surface area contributed by atoms with E-state index in [2.05, 4.69) is 31.9 Å². The summed E-state index contributed by atoms with van der Waals surface area (Å²) in [7, 11) is 0. The number of carboxylic acid groups (broad SMARTS) is 1. The number of hydrogen-bond acceptors (Lipinski definition) is 5. The molecular weight excluding hydrogens is 599 g/mol. The van der Waals surface area contributed by atoms with E-state index in [4.69, 9.17) is 4.74 Å². The molecule has 200 valence electrons. The van der Waals surface area contributed by atoms with Gasteiger partial charge in [-0.05, 0) is 64.6 Å². The van der Waals surface area contributed by atoms with Crippen molar-refractivity contribution in [3.63, 3.8) is 0 Å². The molecule has 2 N–H and O–H groups in total. The average molecular weight is 634 g/mol. The van der Waals surface area contributed by atoms with Crippen LogP contribution in [0, 0.1) is 28.6 Å². The Morgan fingerprint density at radius 1 is 1.22 bits per heavy atom. The summed E-state index contributed by atoms with van der Waals surface area (Å²) in [5.74, 6) is -3.40. The first kappa shape index (κ1) is 28.0. The van der Waals surface area contributed by atoms with E-state index in [1.54, 1.807) is 20.8 Å². The molecule has 3 saturated carbocycles. The first-order valence-corrected chi connectivity index (χ1v) is 14.4. The summed E-state index contributed by atoms with van der Waals surface area (Å²) >= 11 is 7.33. The van der Waals surface area contributed by atoms with Gasteiger partial charge in [-0.1, -0.05) is 63.0 Å². The maximum Gasteiger partial charge on any atom is 0.349 e. The van der Waals surface area contributed by atoms with Gasteiger partial charge in [-0.2, -0.15) is 0 Å². The molecule has 3 fully saturated rings. The molecule has 36 heavy (non-hydrogen) atoms. The van der Waals surface area contributed by atoms with Gasteiger partial charge in [0.15, 0.2) is 5.78 Å². The van der Waals surface area contributed by atoms with Crippen LogP contribution < -0.4 is 0 Å². The minimum atomic E-state index is -1.82. The first-order chi connectivity index (χ1) is 16.7. The van der Waals surface area contributed by atoms with Crippen LogP contribution in [0.25, 0.3) is 0 Å². The van der Waals surface area contributed by atoms with Crippen molar-refractivity contribution in [1.29, 1.82) is 0 Å². The summed E-state index contributed by atoms with van der Waals surface area (Å²) in [4.78, 5) is 38.3. The number of alkyl halides is 2. The molecule has 0 amide bonds. The lowest BCUT2D eigenvalue weighted by atomic mass is 9.45. The largest absolute Gasteiger partial charge is 0.478 e. The van der Waals surface area contributed by atoms with Gasteiger partial charge in [0, 0.05) is 23.2 Å². The number of rotatable bonds is 5. The van der Waals surface area contributed by atoms with E-state index in [0.29, 0.717) is 24.0 Å². The van der Waals surface area contributed by atoms with Crippen LogP contribution in [0.5, 0.6) is 0 Å². The summed E-state index contributed by atoms with van der Waals surface area (Å²) < 4.78 is 21.0. The van der Waals surface area contributed by atoms with Crippen LogP contribution in [0.4, 0.5) is 4.39 Å². The number of esters is 1. The van der Waals surface area contributed by atoms with Gasteiger partial charge >= 0.3 is 11.9 Å². The molecule has 0 aromatic carbocycles. The lowest BCUT2D eigenvalue weighted by Gasteiger charge is -2.64. The van der Waals surface area contributed by atoms with E-state index in [-0.39, 0.29) is 35.4 Å². The number of carboxylic acids is 1. The molecule has 9 atom stereocenters. The fourth-order valence-electron chi connectivity index (χ4n) is 8.24. The third-order valence-corrected chi connectivity index (χ3v) is 12.5. The van der Waals surface area contributed by atoms with Gasteiger partial charge in [0.05, 0.1) is 14.9 Å². The van der Waals surface area contributed by atoms with Gasteiger partial charge in [0.1, 0.15) is 6.17 Å². The zero-order valence-electron chi connectivity index (χ0n) is 21.4. The highest BCUT2D eigenvalue weighted by Crippen LogP contribution is 2.73. The molecule has 0 radical (unpaired) electrons. The molecule has 4 aliphatic rings. The van der Waals surface area contributed by atoms with E-state index in [1.807, 2.05) is 19.9 Å². The molecule has 0 heterocycles. The maximum atomic E-state index is 16.1. The maximum absolute atomic E-state index is 16.1. The Morgan fingerprint density at radius 3 is 2.42 bits per heavy atom. The molecule has 0 aromatic rings. The highest BCUT2D eigenvalue weighted by Gasteiger charge is 2.77. The van der Waals surface area contributed by atoms with Gasteiger partial charge < -0.3 is 14.9 Å². The van der Waals surface area contributed by atoms with Crippen LogP contribution in [0.2, 0.25) is 0 Å². The molecule has 0 unspecified atom stereocenters. The summed E-state index contributed by atoms with van der Waals surface area (Å²) in [5, 5.41) is 22.3. The number of halogens is 3. The highest BCUT2D eigenvalue weighted by molar-refractivity contribution is 9.12. The minimum absolute atomic E-state index is 0.0248. The summed E-state index contributed by atoms with van der Waals surface area (Å²) in [6.45, 7) is 8.99. The number of allylic oxidation sites excluding steroid dienone is 4. The Balaban J connectivity index is 1.91. The van der Waals surface area contributed by atoms with Crippen molar-refractivity contribution >= 4 is 49.6 Å². The van der Waals surface area contributed by atoms with Crippen LogP contribution in [0.15, 0.2) is 21.7 Å². The van der Waals surface area contributed by atoms with Gasteiger partial charge in [-0.3, -0.25) is 9.59 Å². The Hall–Kier alpha value is -1.06. The van der Waals surface area contributed by atoms with E-state index < -0.39 is 56.8 Å². The Bertz CT molecular complexity index is 1070. The van der Waals surface area contributed by atoms with Crippen LogP contribution in [0.3, 0.4) is 0 Å². The number of carbonyl (C=O) groups excluding carboxylic acids is 2. The third kappa shape index (κ3) is 3.30. The Morgan fingerprint density at radius 2 is 1.86 bits per heavy atom. The molecule has 6 nitrogen and oxygen atoms in total. The number of hydrogen-bond donors (Lipinski definition) is 2. The van der Waals surface area contributed by atoms with Gasteiger partial charge in [-0.25, -0.2) is 9.18 Å². The molecule has 0 spiro atoms. The highest BCUT2D eigenvalue weighted by atomic mass is 79.9. The van der Waals surface area contributed by atoms with Crippen molar-refractivity contribution in [3.8, 4) is 0 Å². The van der Waals surface area contributed by atoms with Crippen LogP contribution in [-0.2, 0) is 19.1 Å². The first-order valence-electron chi connectivity index (χ1n) is 12.8. The fraction of sp³-hybridized carbons (Fsp3) is 0.741. The molecule has 4 aliphatic carbocycles. The summed E-state index contributed by atoms with van der Waals surface area (Å²) in [6.07, 6.45) is 1.08. The molecule has 0 aliphatic heterocycles. The SMILES string of the molecule is CCCC1=C[C@@]2(C)C(=C(Br)C1=O)[C@@H](F)C[C@H]1[C@@H]3C[C@@H](C)[C@](OC(=O)CC)(C(=O)O)[C@@]3(C)C[C@H](O)[C@@]12Br. The Kier molecular flexibility index (Phi) is 7.00. The lowest BCUT2D eigenvalue weighted by molar-refractivity contribution is -0.212. The number of fused-ring (bicyclic) bond motifs is 5. The predicted molar refractivity (Wildman–Crippen MR) is 139 cm³/mol. The van der Waals surface area contributed by atoms with Crippen LogP contribution in [-0.4, -0.2) is 50.1 Å². The van der Waals surface area contributed by atoms with Gasteiger partial charge in [0.25, 0.3) is 0 Å². The van der Waals surface area contributed by atoms with Crippen molar-refractivity contribution < 1.29 is 33.7 Å². The molecule has 9 heteroatoms. The predicted octanol–water partition coefficient (Wildman–Crippen LogP) is 5.65. The molecule has 0 bridgehead atoms. The van der Waals surface area contributed by atoms with Crippen LogP contribution in [0.1, 0.15) is 73.1 Å². The zero-order chi connectivity index (χ0) is 27.0. The lowest BCUT2D eigenvalue weighted by Crippen LogP contribution is -2.70. The van der Waals surface area contributed by atoms with Crippen molar-refractivity contribution in [2.45, 2.75) is 95.3 Å². The molecule has 0 aromatic heterocycles. The van der Waals surface area contributed by atoms with Gasteiger partial charge in [0.2, 0.25) is 5.60 Å². The minimum Gasteiger partial charge on any atom is -0.478 e. The Labute approximate surface area is 228 Å².